The molecular weight excluding hydrogens is 342 g/mol. The van der Waals surface area contributed by atoms with Gasteiger partial charge < -0.3 is 15.2 Å². The van der Waals surface area contributed by atoms with E-state index in [1.807, 2.05) is 42.8 Å². The van der Waals surface area contributed by atoms with Crippen LogP contribution < -0.4 is 15.2 Å². The summed E-state index contributed by atoms with van der Waals surface area (Å²) in [6.45, 7) is 4.72. The second-order valence-electron chi connectivity index (χ2n) is 5.92. The maximum absolute atomic E-state index is 9.63. The fourth-order valence-electron chi connectivity index (χ4n) is 3.16. The lowest BCUT2D eigenvalue weighted by Gasteiger charge is -2.15. The lowest BCUT2D eigenvalue weighted by molar-refractivity contribution is 0.397. The molecule has 3 aromatic rings. The van der Waals surface area contributed by atoms with Crippen LogP contribution in [0, 0.1) is 18.3 Å². The molecule has 1 aromatic carbocycles. The van der Waals surface area contributed by atoms with Crippen LogP contribution in [0.2, 0.25) is 0 Å². The number of benzene rings is 1. The number of hydrogen-bond acceptors (Lipinski definition) is 6. The van der Waals surface area contributed by atoms with Crippen LogP contribution >= 0.6 is 0 Å². The average molecular weight is 363 g/mol. The number of aromatic nitrogens is 3. The molecule has 2 aromatic heterocycles. The van der Waals surface area contributed by atoms with Crippen LogP contribution in [-0.2, 0) is 6.54 Å². The molecule has 2 N–H and O–H groups in total. The first-order valence-electron chi connectivity index (χ1n) is 8.50. The van der Waals surface area contributed by atoms with Crippen molar-refractivity contribution in [1.82, 2.24) is 14.8 Å². The van der Waals surface area contributed by atoms with Crippen LogP contribution in [0.25, 0.3) is 22.4 Å². The Morgan fingerprint density at radius 1 is 1.19 bits per heavy atom. The Bertz CT molecular complexity index is 1010. The molecule has 27 heavy (non-hydrogen) atoms. The van der Waals surface area contributed by atoms with Gasteiger partial charge in [-0.1, -0.05) is 6.07 Å². The van der Waals surface area contributed by atoms with Gasteiger partial charge in [0.05, 0.1) is 31.7 Å². The number of nitriles is 1. The zero-order valence-electron chi connectivity index (χ0n) is 15.8. The van der Waals surface area contributed by atoms with Crippen molar-refractivity contribution in [2.45, 2.75) is 20.4 Å². The van der Waals surface area contributed by atoms with E-state index in [4.69, 9.17) is 15.2 Å². The van der Waals surface area contributed by atoms with Gasteiger partial charge in [-0.3, -0.25) is 4.68 Å². The summed E-state index contributed by atoms with van der Waals surface area (Å²) < 4.78 is 12.8. The van der Waals surface area contributed by atoms with Crippen LogP contribution in [0.15, 0.2) is 30.5 Å². The van der Waals surface area contributed by atoms with Crippen LogP contribution in [0.5, 0.6) is 11.5 Å². The zero-order valence-corrected chi connectivity index (χ0v) is 15.8. The van der Waals surface area contributed by atoms with Gasteiger partial charge in [0.2, 0.25) is 0 Å². The summed E-state index contributed by atoms with van der Waals surface area (Å²) in [7, 11) is 3.17. The Morgan fingerprint density at radius 2 is 1.85 bits per heavy atom. The molecule has 0 aliphatic heterocycles. The van der Waals surface area contributed by atoms with Gasteiger partial charge in [0, 0.05) is 23.4 Å². The molecule has 0 spiro atoms. The SMILES string of the molecule is CCn1ncc(-c2cc(-c3c(OC)cccc3OC)nc(N)c2C#N)c1C. The van der Waals surface area contributed by atoms with E-state index in [1.54, 1.807) is 20.4 Å². The van der Waals surface area contributed by atoms with Crippen LogP contribution in [-0.4, -0.2) is 29.0 Å². The Kier molecular flexibility index (Phi) is 4.99. The van der Waals surface area contributed by atoms with E-state index < -0.39 is 0 Å². The van der Waals surface area contributed by atoms with E-state index in [9.17, 15) is 5.26 Å². The van der Waals surface area contributed by atoms with E-state index in [1.165, 1.54) is 0 Å². The van der Waals surface area contributed by atoms with Gasteiger partial charge in [0.1, 0.15) is 28.9 Å². The number of nitrogens with two attached hydrogens (primary N) is 1. The highest BCUT2D eigenvalue weighted by molar-refractivity contribution is 5.84. The molecule has 2 heterocycles. The third-order valence-corrected chi connectivity index (χ3v) is 4.54. The maximum atomic E-state index is 9.63. The number of ether oxygens (including phenoxy) is 2. The van der Waals surface area contributed by atoms with Crippen LogP contribution in [0.1, 0.15) is 18.2 Å². The highest BCUT2D eigenvalue weighted by Gasteiger charge is 2.20. The van der Waals surface area contributed by atoms with E-state index in [0.29, 0.717) is 33.9 Å². The van der Waals surface area contributed by atoms with Gasteiger partial charge in [0.25, 0.3) is 0 Å². The number of methoxy groups -OCH3 is 2. The van der Waals surface area contributed by atoms with E-state index >= 15 is 0 Å². The molecule has 3 rings (SSSR count). The Balaban J connectivity index is 2.32. The summed E-state index contributed by atoms with van der Waals surface area (Å²) in [5.41, 5.74) is 10.2. The fraction of sp³-hybridized carbons (Fsp3) is 0.250. The van der Waals surface area contributed by atoms with Gasteiger partial charge in [-0.2, -0.15) is 10.4 Å². The maximum Gasteiger partial charge on any atom is 0.142 e. The van der Waals surface area contributed by atoms with E-state index in [2.05, 4.69) is 16.2 Å². The predicted octanol–water partition coefficient (Wildman–Crippen LogP) is 3.41. The van der Waals surface area contributed by atoms with E-state index in [0.717, 1.165) is 17.8 Å². The molecule has 0 unspecified atom stereocenters. The first-order chi connectivity index (χ1) is 13.0. The quantitative estimate of drug-likeness (QED) is 0.746. The van der Waals surface area contributed by atoms with Crippen LogP contribution in [0.4, 0.5) is 5.82 Å². The smallest absolute Gasteiger partial charge is 0.142 e. The van der Waals surface area contributed by atoms with Crippen molar-refractivity contribution in [3.8, 4) is 40.0 Å². The second-order valence-corrected chi connectivity index (χ2v) is 5.92. The van der Waals surface area contributed by atoms with Gasteiger partial charge in [-0.25, -0.2) is 4.98 Å². The molecule has 7 nitrogen and oxygen atoms in total. The van der Waals surface area contributed by atoms with Crippen molar-refractivity contribution in [1.29, 1.82) is 5.26 Å². The summed E-state index contributed by atoms with van der Waals surface area (Å²) in [5, 5.41) is 14.0. The molecule has 7 heteroatoms. The standard InChI is InChI=1S/C20H21N5O2/c1-5-25-12(2)15(11-23-25)13-9-16(24-20(22)14(13)10-21)19-17(26-3)7-6-8-18(19)27-4/h6-9,11H,5H2,1-4H3,(H2,22,24). The summed E-state index contributed by atoms with van der Waals surface area (Å²) in [4.78, 5) is 4.44. The molecule has 0 bridgehead atoms. The third kappa shape index (κ3) is 3.06. The molecule has 0 radical (unpaired) electrons. The number of anilines is 1. The minimum absolute atomic E-state index is 0.154. The Hall–Kier alpha value is -3.53. The Morgan fingerprint density at radius 3 is 2.37 bits per heavy atom. The number of pyridine rings is 1. The van der Waals surface area contributed by atoms with Crippen molar-refractivity contribution in [2.24, 2.45) is 0 Å². The average Bonchev–Trinajstić information content (AvgIpc) is 3.06. The second kappa shape index (κ2) is 7.38. The zero-order chi connectivity index (χ0) is 19.6. The van der Waals surface area contributed by atoms with Crippen molar-refractivity contribution in [3.63, 3.8) is 0 Å². The first kappa shape index (κ1) is 18.3. The minimum Gasteiger partial charge on any atom is -0.496 e. The molecule has 0 aliphatic carbocycles. The van der Waals surface area contributed by atoms with Crippen molar-refractivity contribution in [3.05, 3.63) is 41.7 Å². The number of nitrogen functional groups attached to an aromatic ring is 1. The van der Waals surface area contributed by atoms with Crippen molar-refractivity contribution < 1.29 is 9.47 Å². The van der Waals surface area contributed by atoms with Crippen molar-refractivity contribution in [2.75, 3.05) is 20.0 Å². The normalized spacial score (nSPS) is 10.5. The summed E-state index contributed by atoms with van der Waals surface area (Å²) in [5.74, 6) is 1.37. The molecular formula is C20H21N5O2. The van der Waals surface area contributed by atoms with Crippen molar-refractivity contribution >= 4 is 5.82 Å². The largest absolute Gasteiger partial charge is 0.496 e. The first-order valence-corrected chi connectivity index (χ1v) is 8.50. The fourth-order valence-corrected chi connectivity index (χ4v) is 3.16. The molecule has 138 valence electrons. The highest BCUT2D eigenvalue weighted by Crippen LogP contribution is 2.40. The van der Waals surface area contributed by atoms with E-state index in [-0.39, 0.29) is 5.82 Å². The molecule has 0 fully saturated rings. The lowest BCUT2D eigenvalue weighted by Crippen LogP contribution is -2.03. The molecule has 0 aliphatic rings. The number of nitrogens with zero attached hydrogens (tertiary/aromatic N) is 4. The predicted molar refractivity (Wildman–Crippen MR) is 104 cm³/mol. The number of rotatable bonds is 5. The van der Waals surface area contributed by atoms with Gasteiger partial charge in [-0.05, 0) is 32.0 Å². The van der Waals surface area contributed by atoms with Gasteiger partial charge in [-0.15, -0.1) is 0 Å². The molecule has 0 atom stereocenters. The minimum atomic E-state index is 0.154. The van der Waals surface area contributed by atoms with Gasteiger partial charge in [0.15, 0.2) is 0 Å². The molecule has 0 saturated carbocycles. The lowest BCUT2D eigenvalue weighted by atomic mass is 9.98. The monoisotopic (exact) mass is 363 g/mol. The third-order valence-electron chi connectivity index (χ3n) is 4.54. The highest BCUT2D eigenvalue weighted by atomic mass is 16.5. The summed E-state index contributed by atoms with van der Waals surface area (Å²) in [6.07, 6.45) is 1.75. The molecule has 0 saturated heterocycles. The topological polar surface area (TPSA) is 99.0 Å². The number of hydrogen-bond donors (Lipinski definition) is 1. The summed E-state index contributed by atoms with van der Waals surface area (Å²) >= 11 is 0. The number of aryl methyl sites for hydroxylation is 1. The van der Waals surface area contributed by atoms with Gasteiger partial charge >= 0.3 is 0 Å². The summed E-state index contributed by atoms with van der Waals surface area (Å²) in [6, 6.07) is 9.49. The van der Waals surface area contributed by atoms with Crippen LogP contribution in [0.3, 0.4) is 0 Å². The Labute approximate surface area is 158 Å². The molecule has 0 amide bonds.